The molecular weight excluding hydrogens is 399 g/mol. The Kier molecular flexibility index (Phi) is 5.67. The molecule has 0 atom stereocenters. The molecule has 27 heavy (non-hydrogen) atoms. The summed E-state index contributed by atoms with van der Waals surface area (Å²) in [6.45, 7) is 2.62. The molecule has 1 heterocycles. The fraction of sp³-hybridized carbons (Fsp3) is 0.278. The van der Waals surface area contributed by atoms with Gasteiger partial charge in [0.2, 0.25) is 0 Å². The van der Waals surface area contributed by atoms with E-state index in [0.29, 0.717) is 31.3 Å². The van der Waals surface area contributed by atoms with Gasteiger partial charge in [0.1, 0.15) is 5.75 Å². The first-order valence-corrected chi connectivity index (χ1v) is 8.99. The summed E-state index contributed by atoms with van der Waals surface area (Å²) in [5, 5.41) is 12.7. The third kappa shape index (κ3) is 4.75. The second-order valence-corrected chi connectivity index (χ2v) is 6.91. The van der Waals surface area contributed by atoms with Crippen molar-refractivity contribution in [2.24, 2.45) is 0 Å². The highest BCUT2D eigenvalue weighted by Crippen LogP contribution is 2.34. The summed E-state index contributed by atoms with van der Waals surface area (Å²) in [5.41, 5.74) is 0.346. The molecule has 4 nitrogen and oxygen atoms in total. The zero-order valence-corrected chi connectivity index (χ0v) is 15.7. The van der Waals surface area contributed by atoms with Crippen molar-refractivity contribution in [3.8, 4) is 5.75 Å². The topological polar surface area (TPSA) is 38.7 Å². The maximum Gasteiger partial charge on any atom is 0.416 e. The molecule has 0 aromatic heterocycles. The summed E-state index contributed by atoms with van der Waals surface area (Å²) in [4.78, 5) is 4.04. The number of thiocarbonyl (C=S) groups is 1. The number of hydrogen-bond donors (Lipinski definition) is 2. The summed E-state index contributed by atoms with van der Waals surface area (Å²) in [6.07, 6.45) is -4.45. The molecule has 0 unspecified atom stereocenters. The summed E-state index contributed by atoms with van der Waals surface area (Å²) >= 11 is 11.4. The first-order valence-electron chi connectivity index (χ1n) is 8.21. The van der Waals surface area contributed by atoms with Gasteiger partial charge in [-0.3, -0.25) is 0 Å². The van der Waals surface area contributed by atoms with E-state index in [1.165, 1.54) is 6.07 Å². The lowest BCUT2D eigenvalue weighted by molar-refractivity contribution is -0.137. The number of piperazine rings is 1. The Labute approximate surface area is 165 Å². The standard InChI is InChI=1S/C18H17ClF3N3OS/c19-15-6-1-12(18(20,21)22)11-16(15)23-17(27)25-9-7-24(8-10-25)13-2-4-14(26)5-3-13/h1-6,11,26H,7-10H2,(H,23,27). The highest BCUT2D eigenvalue weighted by molar-refractivity contribution is 7.80. The van der Waals surface area contributed by atoms with E-state index in [1.54, 1.807) is 12.1 Å². The third-order valence-electron chi connectivity index (χ3n) is 4.32. The van der Waals surface area contributed by atoms with Crippen molar-refractivity contribution in [2.75, 3.05) is 36.4 Å². The fourth-order valence-corrected chi connectivity index (χ4v) is 3.28. The van der Waals surface area contributed by atoms with Gasteiger partial charge in [0, 0.05) is 31.9 Å². The summed E-state index contributed by atoms with van der Waals surface area (Å²) in [6, 6.07) is 10.0. The summed E-state index contributed by atoms with van der Waals surface area (Å²) < 4.78 is 38.7. The second kappa shape index (κ2) is 7.82. The van der Waals surface area contributed by atoms with E-state index >= 15 is 0 Å². The lowest BCUT2D eigenvalue weighted by atomic mass is 10.2. The van der Waals surface area contributed by atoms with E-state index < -0.39 is 11.7 Å². The minimum atomic E-state index is -4.45. The molecule has 144 valence electrons. The molecule has 0 radical (unpaired) electrons. The van der Waals surface area contributed by atoms with Gasteiger partial charge in [0.05, 0.1) is 16.3 Å². The molecule has 2 aromatic rings. The van der Waals surface area contributed by atoms with Crippen molar-refractivity contribution < 1.29 is 18.3 Å². The molecule has 2 aromatic carbocycles. The number of alkyl halides is 3. The van der Waals surface area contributed by atoms with E-state index in [0.717, 1.165) is 17.8 Å². The number of halogens is 4. The zero-order valence-electron chi connectivity index (χ0n) is 14.1. The number of nitrogens with zero attached hydrogens (tertiary/aromatic N) is 2. The Balaban J connectivity index is 1.62. The van der Waals surface area contributed by atoms with Crippen LogP contribution in [-0.4, -0.2) is 41.3 Å². The zero-order chi connectivity index (χ0) is 19.6. The van der Waals surface area contributed by atoms with Crippen LogP contribution in [0.3, 0.4) is 0 Å². The highest BCUT2D eigenvalue weighted by Gasteiger charge is 2.31. The maximum atomic E-state index is 12.9. The van der Waals surface area contributed by atoms with Crippen molar-refractivity contribution in [1.82, 2.24) is 4.90 Å². The van der Waals surface area contributed by atoms with Gasteiger partial charge in [-0.15, -0.1) is 0 Å². The molecule has 0 aliphatic carbocycles. The fourth-order valence-electron chi connectivity index (χ4n) is 2.82. The Morgan fingerprint density at radius 2 is 1.67 bits per heavy atom. The molecular formula is C18H17ClF3N3OS. The Bertz CT molecular complexity index is 822. The van der Waals surface area contributed by atoms with E-state index in [-0.39, 0.29) is 16.5 Å². The molecule has 0 spiro atoms. The molecule has 0 saturated carbocycles. The van der Waals surface area contributed by atoms with Crippen molar-refractivity contribution in [2.45, 2.75) is 6.18 Å². The number of nitrogens with one attached hydrogen (secondary N) is 1. The Morgan fingerprint density at radius 3 is 2.26 bits per heavy atom. The highest BCUT2D eigenvalue weighted by atomic mass is 35.5. The van der Waals surface area contributed by atoms with Crippen LogP contribution in [0.5, 0.6) is 5.75 Å². The van der Waals surface area contributed by atoms with Gasteiger partial charge in [0.15, 0.2) is 5.11 Å². The number of phenolic OH excluding ortho intramolecular Hbond substituents is 1. The molecule has 0 amide bonds. The molecule has 1 aliphatic rings. The largest absolute Gasteiger partial charge is 0.508 e. The summed E-state index contributed by atoms with van der Waals surface area (Å²) in [5.74, 6) is 0.209. The number of rotatable bonds is 2. The van der Waals surface area contributed by atoms with Crippen LogP contribution in [0.1, 0.15) is 5.56 Å². The van der Waals surface area contributed by atoms with Crippen molar-refractivity contribution in [3.05, 3.63) is 53.1 Å². The second-order valence-electron chi connectivity index (χ2n) is 6.11. The van der Waals surface area contributed by atoms with Crippen LogP contribution in [0, 0.1) is 0 Å². The van der Waals surface area contributed by atoms with Crippen LogP contribution < -0.4 is 10.2 Å². The first-order chi connectivity index (χ1) is 12.7. The van der Waals surface area contributed by atoms with Gasteiger partial charge in [-0.05, 0) is 54.7 Å². The van der Waals surface area contributed by atoms with E-state index in [2.05, 4.69) is 10.2 Å². The van der Waals surface area contributed by atoms with Crippen LogP contribution in [0.2, 0.25) is 5.02 Å². The molecule has 2 N–H and O–H groups in total. The van der Waals surface area contributed by atoms with Gasteiger partial charge < -0.3 is 20.2 Å². The van der Waals surface area contributed by atoms with Gasteiger partial charge >= 0.3 is 6.18 Å². The van der Waals surface area contributed by atoms with Crippen LogP contribution >= 0.6 is 23.8 Å². The minimum absolute atomic E-state index is 0.137. The smallest absolute Gasteiger partial charge is 0.416 e. The number of phenols is 1. The lowest BCUT2D eigenvalue weighted by Crippen LogP contribution is -2.50. The number of aromatic hydroxyl groups is 1. The van der Waals surface area contributed by atoms with E-state index in [1.807, 2.05) is 17.0 Å². The van der Waals surface area contributed by atoms with Gasteiger partial charge in [0.25, 0.3) is 0 Å². The lowest BCUT2D eigenvalue weighted by Gasteiger charge is -2.37. The van der Waals surface area contributed by atoms with Crippen LogP contribution in [0.25, 0.3) is 0 Å². The average Bonchev–Trinajstić information content (AvgIpc) is 2.63. The SMILES string of the molecule is Oc1ccc(N2CCN(C(=S)Nc3cc(C(F)(F)F)ccc3Cl)CC2)cc1. The molecule has 3 rings (SSSR count). The first kappa shape index (κ1) is 19.6. The van der Waals surface area contributed by atoms with Crippen LogP contribution in [0.4, 0.5) is 24.5 Å². The summed E-state index contributed by atoms with van der Waals surface area (Å²) in [7, 11) is 0. The van der Waals surface area contributed by atoms with Gasteiger partial charge in [-0.1, -0.05) is 11.6 Å². The van der Waals surface area contributed by atoms with Crippen molar-refractivity contribution in [1.29, 1.82) is 0 Å². The van der Waals surface area contributed by atoms with E-state index in [9.17, 15) is 18.3 Å². The van der Waals surface area contributed by atoms with Crippen molar-refractivity contribution in [3.63, 3.8) is 0 Å². The Hall–Kier alpha value is -2.19. The minimum Gasteiger partial charge on any atom is -0.508 e. The number of benzene rings is 2. The molecule has 0 bridgehead atoms. The third-order valence-corrected chi connectivity index (χ3v) is 5.01. The number of anilines is 2. The molecule has 1 aliphatic heterocycles. The molecule has 9 heteroatoms. The predicted octanol–water partition coefficient (Wildman–Crippen LogP) is 4.58. The predicted molar refractivity (Wildman–Crippen MR) is 105 cm³/mol. The monoisotopic (exact) mass is 415 g/mol. The van der Waals surface area contributed by atoms with Gasteiger partial charge in [-0.2, -0.15) is 13.2 Å². The maximum absolute atomic E-state index is 12.9. The van der Waals surface area contributed by atoms with Gasteiger partial charge in [-0.25, -0.2) is 0 Å². The molecule has 1 fully saturated rings. The van der Waals surface area contributed by atoms with Crippen LogP contribution in [-0.2, 0) is 6.18 Å². The van der Waals surface area contributed by atoms with Crippen LogP contribution in [0.15, 0.2) is 42.5 Å². The quantitative estimate of drug-likeness (QED) is 0.702. The molecule has 1 saturated heterocycles. The average molecular weight is 416 g/mol. The number of hydrogen-bond acceptors (Lipinski definition) is 3. The van der Waals surface area contributed by atoms with Crippen molar-refractivity contribution >= 4 is 40.3 Å². The van der Waals surface area contributed by atoms with E-state index in [4.69, 9.17) is 23.8 Å². The Morgan fingerprint density at radius 1 is 1.04 bits per heavy atom. The normalized spacial score (nSPS) is 15.0.